The van der Waals surface area contributed by atoms with Gasteiger partial charge >= 0.3 is 0 Å². The summed E-state index contributed by atoms with van der Waals surface area (Å²) in [6.45, 7) is 5.15. The highest BCUT2D eigenvalue weighted by molar-refractivity contribution is 4.74. The van der Waals surface area contributed by atoms with E-state index < -0.39 is 0 Å². The van der Waals surface area contributed by atoms with E-state index in [1.807, 2.05) is 7.05 Å². The Labute approximate surface area is 69.5 Å². The van der Waals surface area contributed by atoms with E-state index in [2.05, 4.69) is 24.6 Å². The van der Waals surface area contributed by atoms with Crippen LogP contribution in [0.2, 0.25) is 0 Å². The van der Waals surface area contributed by atoms with Crippen LogP contribution in [0, 0.1) is 0 Å². The zero-order valence-corrected chi connectivity index (χ0v) is 8.03. The molecule has 0 rings (SSSR count). The lowest BCUT2D eigenvalue weighted by atomic mass is 9.99. The fourth-order valence-corrected chi connectivity index (χ4v) is 0.813. The van der Waals surface area contributed by atoms with Crippen molar-refractivity contribution in [2.45, 2.75) is 32.2 Å². The first-order chi connectivity index (χ1) is 5.12. The Morgan fingerprint density at radius 3 is 2.36 bits per heavy atom. The minimum atomic E-state index is 0.233. The summed E-state index contributed by atoms with van der Waals surface area (Å²) < 4.78 is 0. The average Bonchev–Trinajstić information content (AvgIpc) is 1.99. The molecular weight excluding hydrogens is 140 g/mol. The Balaban J connectivity index is 3.23. The molecule has 0 aromatic rings. The van der Waals surface area contributed by atoms with Gasteiger partial charge in [0, 0.05) is 12.6 Å². The Kier molecular flexibility index (Phi) is 5.46. The molecule has 0 bridgehead atoms. The number of hydrogen-bond donors (Lipinski definition) is 2. The highest BCUT2D eigenvalue weighted by Crippen LogP contribution is 2.09. The summed E-state index contributed by atoms with van der Waals surface area (Å²) in [4.78, 5) is 5.00. The summed E-state index contributed by atoms with van der Waals surface area (Å²) in [6, 6.07) is 0. The monoisotopic (exact) mass is 160 g/mol. The molecule has 68 valence electrons. The van der Waals surface area contributed by atoms with Crippen LogP contribution in [0.25, 0.3) is 0 Å². The molecule has 0 aliphatic carbocycles. The van der Waals surface area contributed by atoms with Crippen LogP contribution in [0.4, 0.5) is 0 Å². The van der Waals surface area contributed by atoms with Gasteiger partial charge < -0.3 is 10.2 Å². The van der Waals surface area contributed by atoms with E-state index in [0.717, 1.165) is 19.4 Å². The van der Waals surface area contributed by atoms with Gasteiger partial charge in [0.05, 0.1) is 6.61 Å². The lowest BCUT2D eigenvalue weighted by Gasteiger charge is -2.23. The smallest absolute Gasteiger partial charge is 0.0682 e. The third-order valence-corrected chi connectivity index (χ3v) is 1.87. The topological polar surface area (TPSA) is 33.3 Å². The fraction of sp³-hybridized carbons (Fsp3) is 1.00. The van der Waals surface area contributed by atoms with Crippen molar-refractivity contribution >= 4 is 0 Å². The molecular formula is C8H20N2O. The highest BCUT2D eigenvalue weighted by Gasteiger charge is 2.12. The van der Waals surface area contributed by atoms with Crippen LogP contribution >= 0.6 is 0 Å². The first-order valence-electron chi connectivity index (χ1n) is 4.10. The molecule has 0 unspecified atom stereocenters. The van der Waals surface area contributed by atoms with E-state index in [1.54, 1.807) is 7.05 Å². The first kappa shape index (κ1) is 10.9. The third kappa shape index (κ3) is 6.28. The Hall–Kier alpha value is -0.120. The maximum absolute atomic E-state index is 5.00. The van der Waals surface area contributed by atoms with E-state index in [9.17, 15) is 0 Å². The number of rotatable bonds is 6. The molecule has 2 N–H and O–H groups in total. The summed E-state index contributed by atoms with van der Waals surface area (Å²) in [6.07, 6.45) is 2.21. The zero-order chi connectivity index (χ0) is 8.74. The van der Waals surface area contributed by atoms with Crippen LogP contribution in [0.1, 0.15) is 26.7 Å². The zero-order valence-electron chi connectivity index (χ0n) is 8.03. The van der Waals surface area contributed by atoms with Crippen molar-refractivity contribution in [2.24, 2.45) is 0 Å². The molecule has 0 saturated carbocycles. The predicted molar refractivity (Wildman–Crippen MR) is 47.4 cm³/mol. The van der Waals surface area contributed by atoms with Gasteiger partial charge in [-0.15, -0.1) is 0 Å². The van der Waals surface area contributed by atoms with E-state index in [4.69, 9.17) is 4.84 Å². The number of hydroxylamine groups is 1. The standard InChI is InChI=1S/C8H20N2O/c1-8(2,9-3)6-5-7-11-10-4/h9-10H,5-7H2,1-4H3. The number of nitrogens with one attached hydrogen (secondary N) is 2. The van der Waals surface area contributed by atoms with Gasteiger partial charge in [-0.3, -0.25) is 0 Å². The van der Waals surface area contributed by atoms with Crippen LogP contribution in [-0.4, -0.2) is 26.2 Å². The average molecular weight is 160 g/mol. The van der Waals surface area contributed by atoms with Crippen LogP contribution in [0.3, 0.4) is 0 Å². The van der Waals surface area contributed by atoms with Gasteiger partial charge in [0.25, 0.3) is 0 Å². The molecule has 11 heavy (non-hydrogen) atoms. The van der Waals surface area contributed by atoms with Gasteiger partial charge in [0.2, 0.25) is 0 Å². The lowest BCUT2D eigenvalue weighted by molar-refractivity contribution is 0.0522. The molecule has 0 fully saturated rings. The van der Waals surface area contributed by atoms with Gasteiger partial charge in [-0.05, 0) is 33.7 Å². The fourth-order valence-electron chi connectivity index (χ4n) is 0.813. The molecule has 0 spiro atoms. The Morgan fingerprint density at radius 2 is 1.91 bits per heavy atom. The van der Waals surface area contributed by atoms with Gasteiger partial charge in [0.15, 0.2) is 0 Å². The minimum absolute atomic E-state index is 0.233. The largest absolute Gasteiger partial charge is 0.315 e. The molecule has 0 aliphatic heterocycles. The van der Waals surface area contributed by atoms with Gasteiger partial charge in [-0.1, -0.05) is 0 Å². The Bertz CT molecular complexity index is 94.1. The van der Waals surface area contributed by atoms with E-state index in [1.165, 1.54) is 0 Å². The third-order valence-electron chi connectivity index (χ3n) is 1.87. The molecule has 0 aliphatic rings. The summed E-state index contributed by atoms with van der Waals surface area (Å²) in [5, 5.41) is 3.24. The van der Waals surface area contributed by atoms with Crippen molar-refractivity contribution in [3.63, 3.8) is 0 Å². The first-order valence-corrected chi connectivity index (χ1v) is 4.10. The molecule has 0 amide bonds. The molecule has 0 atom stereocenters. The van der Waals surface area contributed by atoms with Crippen LogP contribution < -0.4 is 10.8 Å². The predicted octanol–water partition coefficient (Wildman–Crippen LogP) is 0.916. The normalized spacial score (nSPS) is 12.0. The second-order valence-electron chi connectivity index (χ2n) is 3.29. The van der Waals surface area contributed by atoms with Crippen LogP contribution in [-0.2, 0) is 4.84 Å². The van der Waals surface area contributed by atoms with Crippen LogP contribution in [0.15, 0.2) is 0 Å². The van der Waals surface area contributed by atoms with Crippen molar-refractivity contribution in [3.05, 3.63) is 0 Å². The molecule has 0 aromatic carbocycles. The Morgan fingerprint density at radius 1 is 1.27 bits per heavy atom. The quantitative estimate of drug-likeness (QED) is 0.448. The second-order valence-corrected chi connectivity index (χ2v) is 3.29. The lowest BCUT2D eigenvalue weighted by Crippen LogP contribution is -2.36. The van der Waals surface area contributed by atoms with Gasteiger partial charge in [-0.2, -0.15) is 0 Å². The summed E-state index contributed by atoms with van der Waals surface area (Å²) in [7, 11) is 3.77. The van der Waals surface area contributed by atoms with E-state index >= 15 is 0 Å². The van der Waals surface area contributed by atoms with E-state index in [0.29, 0.717) is 0 Å². The molecule has 3 heteroatoms. The van der Waals surface area contributed by atoms with Crippen molar-refractivity contribution < 1.29 is 4.84 Å². The summed E-state index contributed by atoms with van der Waals surface area (Å²) in [5.41, 5.74) is 2.88. The van der Waals surface area contributed by atoms with Crippen molar-refractivity contribution in [3.8, 4) is 0 Å². The van der Waals surface area contributed by atoms with E-state index in [-0.39, 0.29) is 5.54 Å². The molecule has 0 heterocycles. The van der Waals surface area contributed by atoms with Crippen molar-refractivity contribution in [1.82, 2.24) is 10.8 Å². The molecule has 0 aromatic heterocycles. The van der Waals surface area contributed by atoms with Crippen molar-refractivity contribution in [2.75, 3.05) is 20.7 Å². The van der Waals surface area contributed by atoms with Gasteiger partial charge in [-0.25, -0.2) is 5.48 Å². The highest BCUT2D eigenvalue weighted by atomic mass is 16.6. The van der Waals surface area contributed by atoms with Crippen LogP contribution in [0.5, 0.6) is 0 Å². The van der Waals surface area contributed by atoms with Gasteiger partial charge in [0.1, 0.15) is 0 Å². The summed E-state index contributed by atoms with van der Waals surface area (Å²) in [5.74, 6) is 0. The molecule has 0 radical (unpaired) electrons. The second kappa shape index (κ2) is 5.52. The van der Waals surface area contributed by atoms with Crippen molar-refractivity contribution in [1.29, 1.82) is 0 Å². The molecule has 3 nitrogen and oxygen atoms in total. The maximum Gasteiger partial charge on any atom is 0.0682 e. The number of hydrogen-bond acceptors (Lipinski definition) is 3. The minimum Gasteiger partial charge on any atom is -0.315 e. The molecule has 0 saturated heterocycles. The maximum atomic E-state index is 5.00. The summed E-state index contributed by atoms with van der Waals surface area (Å²) >= 11 is 0. The SMILES string of the molecule is CNOCCCC(C)(C)NC.